The van der Waals surface area contributed by atoms with Crippen LogP contribution in [0, 0.1) is 20.5 Å². The van der Waals surface area contributed by atoms with Crippen LogP contribution in [-0.4, -0.2) is 98.2 Å². The molecule has 0 amide bonds. The summed E-state index contributed by atoms with van der Waals surface area (Å²) in [5.41, 5.74) is 0. The first-order chi connectivity index (χ1) is 17.9. The predicted molar refractivity (Wildman–Crippen MR) is 113 cm³/mol. The van der Waals surface area contributed by atoms with Crippen molar-refractivity contribution in [3.8, 4) is 0 Å². The second kappa shape index (κ2) is 22.1. The fourth-order valence-corrected chi connectivity index (χ4v) is 2.43. The third kappa shape index (κ3) is 26.9. The zero-order valence-electron chi connectivity index (χ0n) is 20.4. The Kier molecular flexibility index (Phi) is 21.8. The van der Waals surface area contributed by atoms with Crippen LogP contribution in [0.3, 0.4) is 0 Å². The number of aromatic amines is 3. The van der Waals surface area contributed by atoms with Crippen molar-refractivity contribution in [2.24, 2.45) is 15.0 Å². The summed E-state index contributed by atoms with van der Waals surface area (Å²) in [5.74, 6) is 2.29. The van der Waals surface area contributed by atoms with Crippen LogP contribution in [0.15, 0.2) is 52.2 Å². The van der Waals surface area contributed by atoms with Crippen LogP contribution < -0.4 is 37.3 Å². The SMILES string of the molecule is C(=NCCN(CCN=Cc1ncc[nH]1)CCN=Cc1ncc[nH]1)c1ncc[nH]1.O.[Fe+2].[O-][Cl+3]([O-])([O-])[O-].[O-][Cl+3]([O-])([O-])[O-]. The number of imidazole rings is 3. The predicted octanol–water partition coefficient (Wildman–Crippen LogP) is -9.52. The van der Waals surface area contributed by atoms with Gasteiger partial charge in [0.25, 0.3) is 0 Å². The molecule has 22 heteroatoms. The molecule has 0 aliphatic rings. The van der Waals surface area contributed by atoms with Crippen molar-refractivity contribution >= 4 is 18.6 Å². The van der Waals surface area contributed by atoms with Crippen molar-refractivity contribution in [3.63, 3.8) is 0 Å². The summed E-state index contributed by atoms with van der Waals surface area (Å²) in [6, 6.07) is 0. The van der Waals surface area contributed by atoms with E-state index >= 15 is 0 Å². The van der Waals surface area contributed by atoms with E-state index in [1.54, 1.807) is 55.8 Å². The molecule has 0 saturated heterocycles. The Morgan fingerprint density at radius 1 is 0.600 bits per heavy atom. The van der Waals surface area contributed by atoms with Crippen LogP contribution in [0.4, 0.5) is 0 Å². The molecule has 19 nitrogen and oxygen atoms in total. The summed E-state index contributed by atoms with van der Waals surface area (Å²) in [6.45, 7) is 4.52. The number of nitrogens with zero attached hydrogens (tertiary/aromatic N) is 7. The zero-order valence-corrected chi connectivity index (χ0v) is 23.1. The average molecular weight is 653 g/mol. The second-order valence-corrected chi connectivity index (χ2v) is 8.14. The first-order valence-corrected chi connectivity index (χ1v) is 12.8. The number of hydrogen-bond acceptors (Lipinski definition) is 15. The average Bonchev–Trinajstić information content (AvgIpc) is 3.58. The maximum Gasteiger partial charge on any atom is 2.00 e. The van der Waals surface area contributed by atoms with Crippen LogP contribution in [-0.2, 0) is 17.1 Å². The molecule has 0 atom stereocenters. The second-order valence-electron chi connectivity index (χ2n) is 6.63. The monoisotopic (exact) mass is 652 g/mol. The van der Waals surface area contributed by atoms with E-state index in [9.17, 15) is 0 Å². The molecule has 40 heavy (non-hydrogen) atoms. The van der Waals surface area contributed by atoms with Crippen LogP contribution in [0.1, 0.15) is 17.5 Å². The van der Waals surface area contributed by atoms with E-state index in [1.807, 2.05) is 0 Å². The van der Waals surface area contributed by atoms with Crippen molar-refractivity contribution in [3.05, 3.63) is 54.7 Å². The molecule has 0 bridgehead atoms. The van der Waals surface area contributed by atoms with Crippen molar-refractivity contribution < 1.29 is 80.3 Å². The Labute approximate surface area is 242 Å². The van der Waals surface area contributed by atoms with Crippen molar-refractivity contribution in [1.29, 1.82) is 0 Å². The summed E-state index contributed by atoms with van der Waals surface area (Å²) in [7, 11) is -9.89. The number of halogens is 2. The van der Waals surface area contributed by atoms with E-state index in [0.29, 0.717) is 19.6 Å². The van der Waals surface area contributed by atoms with Gasteiger partial charge < -0.3 is 20.4 Å². The molecule has 0 unspecified atom stereocenters. The molecule has 0 aliphatic carbocycles. The van der Waals surface area contributed by atoms with Crippen LogP contribution in [0.25, 0.3) is 0 Å². The van der Waals surface area contributed by atoms with E-state index in [4.69, 9.17) is 37.3 Å². The molecular formula is C18H26Cl2FeN10O9. The first-order valence-electron chi connectivity index (χ1n) is 10.3. The molecule has 3 aromatic heterocycles. The fourth-order valence-electron chi connectivity index (χ4n) is 2.43. The molecule has 0 saturated carbocycles. The topological polar surface area (TPSA) is 342 Å². The smallest absolute Gasteiger partial charge is 0.412 e. The van der Waals surface area contributed by atoms with E-state index < -0.39 is 20.5 Å². The van der Waals surface area contributed by atoms with Gasteiger partial charge in [0.05, 0.1) is 38.3 Å². The van der Waals surface area contributed by atoms with E-state index in [1.165, 1.54) is 0 Å². The largest absolute Gasteiger partial charge is 2.00 e. The fraction of sp³-hybridized carbons (Fsp3) is 0.333. The minimum absolute atomic E-state index is 0. The summed E-state index contributed by atoms with van der Waals surface area (Å²) in [4.78, 5) is 37.0. The standard InChI is InChI=1S/C18H24N10.2ClHO4.Fe.H2O/c1-2-23-16(22-1)13-19-7-10-28(11-8-20-14-17-24-3-4-25-17)12-9-21-15-18-26-5-6-27-18;2*2-1(3,4)5;;/h1-6,13-15H,7-12H2,(H,22,23)(H,24,25)(H,26,27);2*(H,2,3,4,5);;1H2/q;;;+2;/p-2. The van der Waals surface area contributed by atoms with E-state index in [0.717, 1.165) is 37.1 Å². The normalized spacial score (nSPS) is 11.6. The molecule has 224 valence electrons. The van der Waals surface area contributed by atoms with Gasteiger partial charge in [0.15, 0.2) is 0 Å². The Morgan fingerprint density at radius 2 is 0.850 bits per heavy atom. The number of aliphatic imine (C=N–C) groups is 3. The van der Waals surface area contributed by atoms with Gasteiger partial charge in [-0.1, -0.05) is 0 Å². The van der Waals surface area contributed by atoms with Gasteiger partial charge in [-0.25, -0.2) is 52.2 Å². The summed E-state index contributed by atoms with van der Waals surface area (Å²) < 4.78 is 67.9. The third-order valence-corrected chi connectivity index (χ3v) is 3.83. The molecule has 0 spiro atoms. The van der Waals surface area contributed by atoms with E-state index in [-0.39, 0.29) is 22.5 Å². The van der Waals surface area contributed by atoms with Gasteiger partial charge in [0.1, 0.15) is 17.5 Å². The number of rotatable bonds is 12. The van der Waals surface area contributed by atoms with Crippen molar-refractivity contribution in [1.82, 2.24) is 34.8 Å². The summed E-state index contributed by atoms with van der Waals surface area (Å²) >= 11 is 0. The number of hydrogen-bond donors (Lipinski definition) is 3. The van der Waals surface area contributed by atoms with Crippen LogP contribution in [0.5, 0.6) is 0 Å². The van der Waals surface area contributed by atoms with Gasteiger partial charge in [-0.15, -0.1) is 20.5 Å². The number of nitrogens with one attached hydrogen (secondary N) is 3. The summed E-state index contributed by atoms with van der Waals surface area (Å²) in [6.07, 6.45) is 15.7. The quantitative estimate of drug-likeness (QED) is 0.121. The van der Waals surface area contributed by atoms with Gasteiger partial charge >= 0.3 is 17.1 Å². The molecule has 0 aliphatic heterocycles. The van der Waals surface area contributed by atoms with Gasteiger partial charge in [0.2, 0.25) is 0 Å². The summed E-state index contributed by atoms with van der Waals surface area (Å²) in [5, 5.41) is 0. The third-order valence-electron chi connectivity index (χ3n) is 3.83. The van der Waals surface area contributed by atoms with Gasteiger partial charge in [-0.05, 0) is 0 Å². The maximum absolute atomic E-state index is 8.49. The molecular weight excluding hydrogens is 627 g/mol. The maximum atomic E-state index is 8.49. The number of H-pyrrole nitrogens is 3. The van der Waals surface area contributed by atoms with Crippen molar-refractivity contribution in [2.75, 3.05) is 39.3 Å². The minimum Gasteiger partial charge on any atom is -0.412 e. The van der Waals surface area contributed by atoms with E-state index in [2.05, 4.69) is 49.8 Å². The molecule has 0 aromatic carbocycles. The Morgan fingerprint density at radius 3 is 1.05 bits per heavy atom. The minimum atomic E-state index is -4.94. The van der Waals surface area contributed by atoms with Gasteiger partial charge in [0, 0.05) is 56.8 Å². The van der Waals surface area contributed by atoms with Crippen molar-refractivity contribution in [2.45, 2.75) is 0 Å². The molecule has 0 radical (unpaired) electrons. The first kappa shape index (κ1) is 39.5. The molecule has 3 aromatic rings. The Balaban J connectivity index is 0. The molecule has 3 rings (SSSR count). The van der Waals surface area contributed by atoms with Gasteiger partial charge in [-0.2, -0.15) is 0 Å². The zero-order chi connectivity index (χ0) is 28.3. The van der Waals surface area contributed by atoms with Crippen LogP contribution in [0.2, 0.25) is 0 Å². The Hall–Kier alpha value is -2.66. The Bertz CT molecular complexity index is 907. The van der Waals surface area contributed by atoms with Crippen LogP contribution >= 0.6 is 0 Å². The number of aromatic nitrogens is 6. The molecule has 3 heterocycles. The molecule has 5 N–H and O–H groups in total. The molecule has 0 fully saturated rings. The van der Waals surface area contributed by atoms with Gasteiger partial charge in [-0.3, -0.25) is 19.9 Å².